The van der Waals surface area contributed by atoms with Gasteiger partial charge in [0.1, 0.15) is 28.6 Å². The minimum atomic E-state index is -2.69. The summed E-state index contributed by atoms with van der Waals surface area (Å²) in [6, 6.07) is 0.618. The second kappa shape index (κ2) is 10.6. The molecule has 222 valence electrons. The lowest BCUT2D eigenvalue weighted by atomic mass is 9.57. The second-order valence-electron chi connectivity index (χ2n) is 11.9. The molecule has 12 nitrogen and oxygen atoms in total. The number of phenolic OH excluding ortho intramolecular Hbond substituents is 1. The predicted octanol–water partition coefficient (Wildman–Crippen LogP) is 0.0933. The number of hydrogen-bond donors (Lipinski definition) is 5. The van der Waals surface area contributed by atoms with Crippen LogP contribution in [0.1, 0.15) is 29.5 Å². The molecule has 0 spiro atoms. The zero-order chi connectivity index (χ0) is 30.7. The molecule has 1 amide bonds. The summed E-state index contributed by atoms with van der Waals surface area (Å²) in [5.41, 5.74) is 3.28. The van der Waals surface area contributed by atoms with Crippen LogP contribution in [-0.4, -0.2) is 114 Å². The number of amides is 1. The number of carbonyl (C=O) groups is 4. The Morgan fingerprint density at radius 2 is 1.71 bits per heavy atom. The van der Waals surface area contributed by atoms with Crippen molar-refractivity contribution in [3.05, 3.63) is 39.7 Å². The van der Waals surface area contributed by atoms with Gasteiger partial charge >= 0.3 is 0 Å². The molecular formula is C29H38N4O8. The molecule has 1 aromatic carbocycles. The number of anilines is 1. The van der Waals surface area contributed by atoms with E-state index in [9.17, 15) is 39.6 Å². The van der Waals surface area contributed by atoms with Gasteiger partial charge in [-0.2, -0.15) is 0 Å². The number of nitrogens with two attached hydrogens (primary N) is 1. The van der Waals surface area contributed by atoms with Crippen LogP contribution in [0.5, 0.6) is 5.75 Å². The fourth-order valence-electron chi connectivity index (χ4n) is 6.64. The first kappa shape index (κ1) is 30.2. The number of likely N-dealkylation sites (N-methyl/N-ethyl adjacent to an activating group) is 2. The van der Waals surface area contributed by atoms with Gasteiger partial charge in [0.2, 0.25) is 5.78 Å². The number of nitrogens with zero attached hydrogens (tertiary/aromatic N) is 3. The minimum Gasteiger partial charge on any atom is -0.508 e. The van der Waals surface area contributed by atoms with E-state index in [0.29, 0.717) is 16.8 Å². The highest BCUT2D eigenvalue weighted by molar-refractivity contribution is 6.24. The molecule has 0 radical (unpaired) electrons. The fraction of sp³-hybridized carbons (Fsp3) is 0.517. The first-order valence-electron chi connectivity index (χ1n) is 13.4. The van der Waals surface area contributed by atoms with Crippen molar-refractivity contribution in [2.45, 2.75) is 37.3 Å². The van der Waals surface area contributed by atoms with Crippen LogP contribution in [0.15, 0.2) is 23.0 Å². The number of rotatable bonds is 8. The van der Waals surface area contributed by atoms with E-state index >= 15 is 0 Å². The highest BCUT2D eigenvalue weighted by Gasteiger charge is 2.64. The SMILES string of the molecule is CN(C)CC(=O)CCc1cc(N(C)C)c2c(c1O)C(O)=C1C(=O)[C@@]3(O)C(O)=C(C(N)=O)C(=O)C(N(C)C)[C@@H]3C[C@@H]1C2. The average molecular weight is 571 g/mol. The Kier molecular flexibility index (Phi) is 7.80. The monoisotopic (exact) mass is 570 g/mol. The van der Waals surface area contributed by atoms with Crippen molar-refractivity contribution in [2.24, 2.45) is 17.6 Å². The van der Waals surface area contributed by atoms with Crippen molar-refractivity contribution < 1.29 is 39.6 Å². The Morgan fingerprint density at radius 3 is 2.24 bits per heavy atom. The topological polar surface area (TPSA) is 185 Å². The van der Waals surface area contributed by atoms with E-state index < -0.39 is 58.0 Å². The Bertz CT molecular complexity index is 1410. The van der Waals surface area contributed by atoms with Crippen LogP contribution < -0.4 is 10.6 Å². The molecule has 1 aromatic rings. The summed E-state index contributed by atoms with van der Waals surface area (Å²) in [6.45, 7) is 0.234. The molecule has 3 aliphatic carbocycles. The number of phenols is 1. The average Bonchev–Trinajstić information content (AvgIpc) is 2.84. The van der Waals surface area contributed by atoms with Gasteiger partial charge in [-0.3, -0.25) is 24.1 Å². The van der Waals surface area contributed by atoms with Gasteiger partial charge in [-0.25, -0.2) is 0 Å². The number of ketones is 3. The quantitative estimate of drug-likeness (QED) is 0.267. The molecule has 0 aliphatic heterocycles. The molecule has 1 unspecified atom stereocenters. The molecule has 0 heterocycles. The number of hydrogen-bond acceptors (Lipinski definition) is 11. The van der Waals surface area contributed by atoms with Gasteiger partial charge in [-0.1, -0.05) is 0 Å². The molecule has 0 aromatic heterocycles. The lowest BCUT2D eigenvalue weighted by molar-refractivity contribution is -0.153. The number of aliphatic hydroxyl groups excluding tert-OH is 2. The lowest BCUT2D eigenvalue weighted by Crippen LogP contribution is -2.65. The van der Waals surface area contributed by atoms with Gasteiger partial charge < -0.3 is 36.0 Å². The molecule has 4 atom stereocenters. The van der Waals surface area contributed by atoms with Crippen LogP contribution >= 0.6 is 0 Å². The van der Waals surface area contributed by atoms with Crippen molar-refractivity contribution in [3.63, 3.8) is 0 Å². The second-order valence-corrected chi connectivity index (χ2v) is 11.9. The van der Waals surface area contributed by atoms with Crippen LogP contribution in [-0.2, 0) is 32.0 Å². The zero-order valence-corrected chi connectivity index (χ0v) is 24.2. The molecule has 0 bridgehead atoms. The molecule has 3 aliphatic rings. The summed E-state index contributed by atoms with van der Waals surface area (Å²) in [6.07, 6.45) is 0.540. The van der Waals surface area contributed by atoms with E-state index in [4.69, 9.17) is 5.73 Å². The summed E-state index contributed by atoms with van der Waals surface area (Å²) in [5, 5.41) is 45.6. The number of Topliss-reactive ketones (excluding diaryl/α,β-unsaturated/α-hetero) is 3. The largest absolute Gasteiger partial charge is 0.508 e. The van der Waals surface area contributed by atoms with E-state index in [1.807, 2.05) is 4.90 Å². The highest BCUT2D eigenvalue weighted by Crippen LogP contribution is 2.54. The van der Waals surface area contributed by atoms with E-state index in [1.165, 1.54) is 4.90 Å². The maximum atomic E-state index is 14.0. The van der Waals surface area contributed by atoms with E-state index in [2.05, 4.69) is 0 Å². The Labute approximate surface area is 238 Å². The summed E-state index contributed by atoms with van der Waals surface area (Å²) in [7, 11) is 10.3. The van der Waals surface area contributed by atoms with Crippen LogP contribution in [0.2, 0.25) is 0 Å². The van der Waals surface area contributed by atoms with Crippen LogP contribution in [0.3, 0.4) is 0 Å². The molecule has 41 heavy (non-hydrogen) atoms. The Hall–Kier alpha value is -3.74. The van der Waals surface area contributed by atoms with Gasteiger partial charge in [0.05, 0.1) is 18.2 Å². The highest BCUT2D eigenvalue weighted by atomic mass is 16.3. The smallest absolute Gasteiger partial charge is 0.255 e. The van der Waals surface area contributed by atoms with E-state index in [0.717, 1.165) is 0 Å². The van der Waals surface area contributed by atoms with E-state index in [-0.39, 0.29) is 54.9 Å². The minimum absolute atomic E-state index is 0.0141. The van der Waals surface area contributed by atoms with Gasteiger partial charge in [0.15, 0.2) is 11.4 Å². The predicted molar refractivity (Wildman–Crippen MR) is 150 cm³/mol. The molecule has 1 saturated carbocycles. The van der Waals surface area contributed by atoms with Crippen molar-refractivity contribution in [1.29, 1.82) is 0 Å². The molecular weight excluding hydrogens is 532 g/mol. The Balaban J connectivity index is 1.90. The van der Waals surface area contributed by atoms with Crippen molar-refractivity contribution in [1.82, 2.24) is 9.80 Å². The first-order chi connectivity index (χ1) is 19.0. The van der Waals surface area contributed by atoms with Gasteiger partial charge in [0.25, 0.3) is 5.91 Å². The fourth-order valence-corrected chi connectivity index (χ4v) is 6.64. The lowest BCUT2D eigenvalue weighted by Gasteiger charge is -2.50. The van der Waals surface area contributed by atoms with Crippen LogP contribution in [0, 0.1) is 11.8 Å². The van der Waals surface area contributed by atoms with Gasteiger partial charge in [-0.05, 0) is 70.6 Å². The summed E-state index contributed by atoms with van der Waals surface area (Å²) >= 11 is 0. The summed E-state index contributed by atoms with van der Waals surface area (Å²) in [4.78, 5) is 56.8. The zero-order valence-electron chi connectivity index (χ0n) is 24.2. The normalized spacial score (nSPS) is 25.8. The summed E-state index contributed by atoms with van der Waals surface area (Å²) in [5.74, 6) is -6.93. The standard InChI is InChI=1S/C29H38N4O8/c1-31(2)12-15(34)8-7-13-11-18(32(3)4)16-9-14-10-17-22(33(5)6)25(37)21(28(30)40)27(39)29(17,41)26(38)19(14)24(36)20(16)23(13)35/h11,14,17,22,35-36,39,41H,7-10,12H2,1-6H3,(H2,30,40)/t14-,17-,22?,29+/m0/s1. The molecule has 4 rings (SSSR count). The number of fused-ring (bicyclic) bond motifs is 3. The number of carbonyl (C=O) groups excluding carboxylic acids is 4. The number of primary amides is 1. The number of aliphatic hydroxyl groups is 3. The first-order valence-corrected chi connectivity index (χ1v) is 13.4. The van der Waals surface area contributed by atoms with Gasteiger partial charge in [-0.15, -0.1) is 0 Å². The molecule has 1 fully saturated rings. The maximum Gasteiger partial charge on any atom is 0.255 e. The third-order valence-electron chi connectivity index (χ3n) is 8.42. The summed E-state index contributed by atoms with van der Waals surface area (Å²) < 4.78 is 0. The van der Waals surface area contributed by atoms with Crippen LogP contribution in [0.4, 0.5) is 5.69 Å². The van der Waals surface area contributed by atoms with Gasteiger partial charge in [0, 0.05) is 37.7 Å². The van der Waals surface area contributed by atoms with Crippen LogP contribution in [0.25, 0.3) is 5.76 Å². The van der Waals surface area contributed by atoms with Crippen molar-refractivity contribution in [2.75, 3.05) is 53.7 Å². The van der Waals surface area contributed by atoms with Crippen molar-refractivity contribution in [3.8, 4) is 5.75 Å². The third kappa shape index (κ3) is 4.69. The number of aromatic hydroxyl groups is 1. The number of aryl methyl sites for hydroxylation is 1. The molecule has 12 heteroatoms. The van der Waals surface area contributed by atoms with E-state index in [1.54, 1.807) is 53.3 Å². The number of benzene rings is 1. The van der Waals surface area contributed by atoms with Crippen molar-refractivity contribution >= 4 is 34.7 Å². The Morgan fingerprint density at radius 1 is 1.07 bits per heavy atom. The molecule has 0 saturated heterocycles. The molecule has 6 N–H and O–H groups in total. The maximum absolute atomic E-state index is 14.0. The third-order valence-corrected chi connectivity index (χ3v) is 8.42.